The molecule has 0 bridgehead atoms. The van der Waals surface area contributed by atoms with Crippen molar-refractivity contribution in [3.8, 4) is 11.3 Å². The van der Waals surface area contributed by atoms with Gasteiger partial charge in [-0.15, -0.1) is 5.10 Å². The molecule has 2 aromatic carbocycles. The van der Waals surface area contributed by atoms with E-state index >= 15 is 4.39 Å². The molecule has 0 radical (unpaired) electrons. The van der Waals surface area contributed by atoms with E-state index in [1.807, 2.05) is 24.3 Å². The summed E-state index contributed by atoms with van der Waals surface area (Å²) < 4.78 is 48.4. The number of carbonyl (C=O) groups excluding carboxylic acids is 1. The molecule has 7 nitrogen and oxygen atoms in total. The van der Waals surface area contributed by atoms with Crippen LogP contribution in [0.2, 0.25) is 0 Å². The molecule has 3 aromatic heterocycles. The number of Topliss-reactive ketones (excluding diaryl/α,β-unsaturated/α-hetero) is 1. The maximum atomic E-state index is 15.2. The average Bonchev–Trinajstić information content (AvgIpc) is 3.47. The normalized spacial score (nSPS) is 17.0. The number of hydrogen-bond donors (Lipinski definition) is 0. The average molecular weight is 501 g/mol. The largest absolute Gasteiger partial charge is 0.381 e. The van der Waals surface area contributed by atoms with Gasteiger partial charge >= 0.3 is 0 Å². The lowest BCUT2D eigenvalue weighted by Gasteiger charge is -2.33. The smallest absolute Gasteiger partial charge is 0.162 e. The molecule has 1 fully saturated rings. The number of aryl methyl sites for hydroxylation is 2. The van der Waals surface area contributed by atoms with Crippen LogP contribution in [0, 0.1) is 18.6 Å². The molecule has 8 heteroatoms. The Labute approximate surface area is 218 Å². The van der Waals surface area contributed by atoms with E-state index in [1.165, 1.54) is 17.7 Å². The van der Waals surface area contributed by atoms with Crippen LogP contribution in [0.5, 0.6) is 0 Å². The van der Waals surface area contributed by atoms with Crippen LogP contribution >= 0.6 is 0 Å². The fraction of sp³-hybridized carbons (Fsp3) is 0.310. The quantitative estimate of drug-likeness (QED) is 0.292. The zero-order valence-corrected chi connectivity index (χ0v) is 20.6. The number of nitrogens with zero attached hydrogens (tertiary/aromatic N) is 5. The molecular formula is C29H28FN5O2. The molecule has 0 N–H and O–H groups in total. The van der Waals surface area contributed by atoms with Gasteiger partial charge < -0.3 is 9.30 Å². The number of aromatic nitrogens is 5. The van der Waals surface area contributed by atoms with Crippen LogP contribution in [-0.2, 0) is 11.8 Å². The van der Waals surface area contributed by atoms with Crippen molar-refractivity contribution in [1.29, 1.82) is 0 Å². The minimum Gasteiger partial charge on any atom is -0.381 e. The van der Waals surface area contributed by atoms with Crippen molar-refractivity contribution in [1.82, 2.24) is 24.5 Å². The van der Waals surface area contributed by atoms with E-state index in [4.69, 9.17) is 13.8 Å². The second kappa shape index (κ2) is 9.19. The lowest BCUT2D eigenvalue weighted by molar-refractivity contribution is 0.0553. The van der Waals surface area contributed by atoms with Crippen molar-refractivity contribution in [2.24, 2.45) is 13.0 Å². The van der Waals surface area contributed by atoms with E-state index in [0.717, 1.165) is 18.4 Å². The maximum Gasteiger partial charge on any atom is 0.162 e. The van der Waals surface area contributed by atoms with E-state index in [2.05, 4.69) is 27.0 Å². The highest BCUT2D eigenvalue weighted by Crippen LogP contribution is 2.41. The van der Waals surface area contributed by atoms with E-state index < -0.39 is 12.7 Å². The summed E-state index contributed by atoms with van der Waals surface area (Å²) >= 11 is 0. The van der Waals surface area contributed by atoms with E-state index in [0.29, 0.717) is 46.4 Å². The maximum absolute atomic E-state index is 15.2. The first-order valence-corrected chi connectivity index (χ1v) is 12.3. The Balaban J connectivity index is 1.71. The summed E-state index contributed by atoms with van der Waals surface area (Å²) in [6, 6.07) is 14.8. The highest BCUT2D eigenvalue weighted by atomic mass is 19.1. The third-order valence-corrected chi connectivity index (χ3v) is 7.34. The third kappa shape index (κ3) is 3.92. The van der Waals surface area contributed by atoms with Gasteiger partial charge in [-0.3, -0.25) is 9.78 Å². The second-order valence-electron chi connectivity index (χ2n) is 9.58. The number of ether oxygens (including phenoxy) is 1. The van der Waals surface area contributed by atoms with Gasteiger partial charge in [0.15, 0.2) is 5.78 Å². The molecule has 1 atom stereocenters. The Morgan fingerprint density at radius 1 is 1.16 bits per heavy atom. The second-order valence-corrected chi connectivity index (χ2v) is 9.58. The van der Waals surface area contributed by atoms with Gasteiger partial charge in [0, 0.05) is 41.5 Å². The molecule has 1 aliphatic heterocycles. The standard InChI is InChI=1S/C29H28FN5O2/c1-17-28(34(3)33-32-17)21-13-26-27(31-16-21)23-14-24(30)22(18(2)36)15-25(23)35(26)29(19-7-5-4-6-8-19)20-9-11-37-12-10-20/h4-8,13-16,20,29H,9-12H2,1-3H3/t29-/m1/s1/i1D3. The summed E-state index contributed by atoms with van der Waals surface area (Å²) in [6.07, 6.45) is 3.22. The first kappa shape index (κ1) is 20.2. The van der Waals surface area contributed by atoms with Crippen LogP contribution in [0.1, 0.15) is 51.5 Å². The van der Waals surface area contributed by atoms with Crippen molar-refractivity contribution in [2.75, 3.05) is 13.2 Å². The summed E-state index contributed by atoms with van der Waals surface area (Å²) in [5.41, 5.74) is 3.77. The molecule has 1 saturated heterocycles. The molecule has 4 heterocycles. The highest BCUT2D eigenvalue weighted by molar-refractivity contribution is 6.09. The molecule has 6 rings (SSSR count). The number of pyridine rings is 1. The fourth-order valence-corrected chi connectivity index (χ4v) is 5.62. The number of rotatable bonds is 5. The molecule has 0 unspecified atom stereocenters. The van der Waals surface area contributed by atoms with Crippen LogP contribution in [-0.4, -0.2) is 43.5 Å². The molecule has 5 aromatic rings. The van der Waals surface area contributed by atoms with E-state index in [9.17, 15) is 4.79 Å². The predicted molar refractivity (Wildman–Crippen MR) is 140 cm³/mol. The molecule has 0 aliphatic carbocycles. The van der Waals surface area contributed by atoms with Crippen molar-refractivity contribution in [3.05, 3.63) is 77.4 Å². The van der Waals surface area contributed by atoms with Gasteiger partial charge in [-0.05, 0) is 56.3 Å². The summed E-state index contributed by atoms with van der Waals surface area (Å²) in [5.74, 6) is -0.774. The zero-order chi connectivity index (χ0) is 28.2. The molecule has 1 aliphatic rings. The lowest BCUT2D eigenvalue weighted by atomic mass is 9.86. The van der Waals surface area contributed by atoms with E-state index in [1.54, 1.807) is 19.3 Å². The number of ketones is 1. The SMILES string of the molecule is [2H]C([2H])([2H])c1nnn(C)c1-c1cnc2c3cc(F)c(C(C)=O)cc3n([C@H](c3ccccc3)C3CCOCC3)c2c1. The monoisotopic (exact) mass is 500 g/mol. The summed E-state index contributed by atoms with van der Waals surface area (Å²) in [6.45, 7) is 0.140. The number of carbonyl (C=O) groups is 1. The lowest BCUT2D eigenvalue weighted by Crippen LogP contribution is -2.27. The number of hydrogen-bond acceptors (Lipinski definition) is 5. The van der Waals surface area contributed by atoms with Gasteiger partial charge in [-0.1, -0.05) is 35.5 Å². The summed E-state index contributed by atoms with van der Waals surface area (Å²) in [5, 5.41) is 8.48. The molecule has 0 saturated carbocycles. The number of fused-ring (bicyclic) bond motifs is 3. The Kier molecular flexibility index (Phi) is 5.01. The van der Waals surface area contributed by atoms with Gasteiger partial charge in [0.05, 0.1) is 39.5 Å². The van der Waals surface area contributed by atoms with Gasteiger partial charge in [0.1, 0.15) is 5.82 Å². The molecule has 37 heavy (non-hydrogen) atoms. The Hall–Kier alpha value is -3.91. The summed E-state index contributed by atoms with van der Waals surface area (Å²) in [7, 11) is 1.64. The molecule has 0 spiro atoms. The van der Waals surface area contributed by atoms with Crippen LogP contribution in [0.3, 0.4) is 0 Å². The topological polar surface area (TPSA) is 74.8 Å². The van der Waals surface area contributed by atoms with Crippen LogP contribution in [0.15, 0.2) is 54.7 Å². The van der Waals surface area contributed by atoms with Crippen LogP contribution < -0.4 is 0 Å². The Bertz CT molecular complexity index is 1740. The van der Waals surface area contributed by atoms with Gasteiger partial charge in [-0.2, -0.15) is 0 Å². The molecular weight excluding hydrogens is 469 g/mol. The van der Waals surface area contributed by atoms with Crippen LogP contribution in [0.4, 0.5) is 4.39 Å². The predicted octanol–water partition coefficient (Wildman–Crippen LogP) is 5.65. The summed E-state index contributed by atoms with van der Waals surface area (Å²) in [4.78, 5) is 17.1. The van der Waals surface area contributed by atoms with Crippen molar-refractivity contribution < 1.29 is 18.0 Å². The van der Waals surface area contributed by atoms with Crippen LogP contribution in [0.25, 0.3) is 33.2 Å². The first-order chi connectivity index (χ1) is 19.1. The minimum absolute atomic E-state index is 0.0103. The van der Waals surface area contributed by atoms with Gasteiger partial charge in [0.2, 0.25) is 0 Å². The zero-order valence-electron chi connectivity index (χ0n) is 23.6. The first-order valence-electron chi connectivity index (χ1n) is 13.8. The number of halogens is 1. The fourth-order valence-electron chi connectivity index (χ4n) is 5.62. The molecule has 0 amide bonds. The van der Waals surface area contributed by atoms with Crippen molar-refractivity contribution >= 4 is 27.7 Å². The Morgan fingerprint density at radius 2 is 1.95 bits per heavy atom. The third-order valence-electron chi connectivity index (χ3n) is 7.34. The van der Waals surface area contributed by atoms with Gasteiger partial charge in [0.25, 0.3) is 0 Å². The highest BCUT2D eigenvalue weighted by Gasteiger charge is 2.31. The van der Waals surface area contributed by atoms with Crippen molar-refractivity contribution in [3.63, 3.8) is 0 Å². The van der Waals surface area contributed by atoms with E-state index in [-0.39, 0.29) is 29.0 Å². The Morgan fingerprint density at radius 3 is 2.68 bits per heavy atom. The minimum atomic E-state index is -2.47. The molecule has 188 valence electrons. The van der Waals surface area contributed by atoms with Crippen molar-refractivity contribution in [2.45, 2.75) is 32.7 Å². The number of benzene rings is 2. The van der Waals surface area contributed by atoms with Gasteiger partial charge in [-0.25, -0.2) is 9.07 Å².